The van der Waals surface area contributed by atoms with Gasteiger partial charge in [-0.1, -0.05) is 24.4 Å². The first kappa shape index (κ1) is 23.5. The molecule has 3 rings (SSSR count). The molecule has 0 saturated carbocycles. The number of benzene rings is 1. The van der Waals surface area contributed by atoms with Crippen molar-refractivity contribution in [1.29, 1.82) is 0 Å². The van der Waals surface area contributed by atoms with Crippen LogP contribution in [-0.2, 0) is 20.0 Å². The predicted octanol–water partition coefficient (Wildman–Crippen LogP) is 2.06. The Labute approximate surface area is 183 Å². The number of carbonyl (C=O) groups excluding carboxylic acids is 1. The summed E-state index contributed by atoms with van der Waals surface area (Å²) in [6.07, 6.45) is 6.04. The Balaban J connectivity index is 1.78. The van der Waals surface area contributed by atoms with Crippen molar-refractivity contribution < 1.29 is 21.6 Å². The zero-order valence-corrected chi connectivity index (χ0v) is 19.4. The van der Waals surface area contributed by atoms with E-state index in [0.29, 0.717) is 32.5 Å². The molecule has 11 heteroatoms. The lowest BCUT2D eigenvalue weighted by atomic mass is 10.1. The van der Waals surface area contributed by atoms with Crippen molar-refractivity contribution in [1.82, 2.24) is 13.9 Å². The second kappa shape index (κ2) is 9.52. The van der Waals surface area contributed by atoms with Crippen LogP contribution in [0.3, 0.4) is 0 Å². The number of halogens is 1. The standard InChI is InChI=1S/C19H28ClN3O5S2/c1-29(25,26)23-12-6-7-16(14-23)21-19(24)15-8-9-17(20)18(13-15)30(27,28)22-10-4-2-3-5-11-22/h8-9,13,16H,2-7,10-12,14H2,1H3,(H,21,24). The fourth-order valence-electron chi connectivity index (χ4n) is 3.89. The molecule has 168 valence electrons. The number of nitrogens with zero attached hydrogens (tertiary/aromatic N) is 2. The van der Waals surface area contributed by atoms with Crippen LogP contribution >= 0.6 is 11.6 Å². The van der Waals surface area contributed by atoms with Gasteiger partial charge in [-0.15, -0.1) is 0 Å². The van der Waals surface area contributed by atoms with E-state index >= 15 is 0 Å². The lowest BCUT2D eigenvalue weighted by molar-refractivity contribution is 0.0921. The Morgan fingerprint density at radius 1 is 1.00 bits per heavy atom. The Kier molecular flexibility index (Phi) is 7.44. The fourth-order valence-corrected chi connectivity index (χ4v) is 6.82. The number of piperidine rings is 1. The van der Waals surface area contributed by atoms with Crippen LogP contribution in [0, 0.1) is 0 Å². The SMILES string of the molecule is CS(=O)(=O)N1CCCC(NC(=O)c2ccc(Cl)c(S(=O)(=O)N3CCCCCC3)c2)C1. The summed E-state index contributed by atoms with van der Waals surface area (Å²) in [6, 6.07) is 3.89. The topological polar surface area (TPSA) is 104 Å². The molecular weight excluding hydrogens is 450 g/mol. The summed E-state index contributed by atoms with van der Waals surface area (Å²) < 4.78 is 52.6. The van der Waals surface area contributed by atoms with Crippen molar-refractivity contribution in [2.75, 3.05) is 32.4 Å². The first-order valence-corrected chi connectivity index (χ1v) is 13.8. The van der Waals surface area contributed by atoms with Crippen molar-refractivity contribution in [2.45, 2.75) is 49.5 Å². The van der Waals surface area contributed by atoms with E-state index in [1.807, 2.05) is 0 Å². The summed E-state index contributed by atoms with van der Waals surface area (Å²) in [6.45, 7) is 1.53. The van der Waals surface area contributed by atoms with Gasteiger partial charge in [-0.25, -0.2) is 21.1 Å². The highest BCUT2D eigenvalue weighted by Gasteiger charge is 2.30. The van der Waals surface area contributed by atoms with Crippen LogP contribution in [0.4, 0.5) is 0 Å². The highest BCUT2D eigenvalue weighted by Crippen LogP contribution is 2.28. The molecule has 0 aromatic heterocycles. The Hall–Kier alpha value is -1.20. The van der Waals surface area contributed by atoms with Crippen LogP contribution in [0.1, 0.15) is 48.9 Å². The quantitative estimate of drug-likeness (QED) is 0.699. The summed E-state index contributed by atoms with van der Waals surface area (Å²) >= 11 is 6.20. The average molecular weight is 478 g/mol. The molecule has 2 saturated heterocycles. The van der Waals surface area contributed by atoms with Crippen LogP contribution in [0.2, 0.25) is 5.02 Å². The van der Waals surface area contributed by atoms with E-state index in [9.17, 15) is 21.6 Å². The number of carbonyl (C=O) groups is 1. The second-order valence-corrected chi connectivity index (χ2v) is 12.2. The minimum atomic E-state index is -3.80. The van der Waals surface area contributed by atoms with Gasteiger partial charge < -0.3 is 5.32 Å². The number of hydrogen-bond donors (Lipinski definition) is 1. The second-order valence-electron chi connectivity index (χ2n) is 7.90. The van der Waals surface area contributed by atoms with Gasteiger partial charge in [0.25, 0.3) is 5.91 Å². The van der Waals surface area contributed by atoms with Crippen LogP contribution < -0.4 is 5.32 Å². The number of sulfonamides is 2. The molecule has 1 aromatic carbocycles. The zero-order chi connectivity index (χ0) is 21.9. The summed E-state index contributed by atoms with van der Waals surface area (Å²) in [5.41, 5.74) is 0.185. The van der Waals surface area contributed by atoms with Gasteiger partial charge >= 0.3 is 0 Å². The maximum atomic E-state index is 13.1. The molecule has 1 aromatic rings. The third-order valence-corrected chi connectivity index (χ3v) is 9.21. The molecule has 1 amide bonds. The van der Waals surface area contributed by atoms with Crippen molar-refractivity contribution in [3.8, 4) is 0 Å². The Morgan fingerprint density at radius 3 is 2.27 bits per heavy atom. The molecule has 0 aliphatic carbocycles. The van der Waals surface area contributed by atoms with Crippen molar-refractivity contribution in [3.05, 3.63) is 28.8 Å². The molecule has 2 heterocycles. The van der Waals surface area contributed by atoms with Gasteiger partial charge in [-0.2, -0.15) is 4.31 Å². The summed E-state index contributed by atoms with van der Waals surface area (Å²) in [5.74, 6) is -0.445. The fraction of sp³-hybridized carbons (Fsp3) is 0.632. The highest BCUT2D eigenvalue weighted by atomic mass is 35.5. The highest BCUT2D eigenvalue weighted by molar-refractivity contribution is 7.89. The van der Waals surface area contributed by atoms with Gasteiger partial charge in [0.1, 0.15) is 4.90 Å². The van der Waals surface area contributed by atoms with Crippen molar-refractivity contribution in [2.24, 2.45) is 0 Å². The number of nitrogens with one attached hydrogen (secondary N) is 1. The summed E-state index contributed by atoms with van der Waals surface area (Å²) in [4.78, 5) is 12.7. The van der Waals surface area contributed by atoms with E-state index in [0.717, 1.165) is 31.9 Å². The van der Waals surface area contributed by atoms with Gasteiger partial charge in [0.2, 0.25) is 20.0 Å². The average Bonchev–Trinajstić information content (AvgIpc) is 2.98. The number of rotatable bonds is 5. The lowest BCUT2D eigenvalue weighted by Gasteiger charge is -2.31. The normalized spacial score (nSPS) is 22.4. The third-order valence-electron chi connectivity index (χ3n) is 5.56. The summed E-state index contributed by atoms with van der Waals surface area (Å²) in [7, 11) is -7.13. The van der Waals surface area contributed by atoms with Gasteiger partial charge in [0.15, 0.2) is 0 Å². The van der Waals surface area contributed by atoms with Crippen LogP contribution in [0.25, 0.3) is 0 Å². The summed E-state index contributed by atoms with van der Waals surface area (Å²) in [5, 5.41) is 2.91. The molecule has 0 spiro atoms. The molecule has 1 N–H and O–H groups in total. The molecule has 0 bridgehead atoms. The minimum absolute atomic E-state index is 0.0693. The van der Waals surface area contributed by atoms with Gasteiger partial charge in [-0.05, 0) is 43.9 Å². The van der Waals surface area contributed by atoms with Gasteiger partial charge in [0.05, 0.1) is 11.3 Å². The molecule has 2 aliphatic heterocycles. The zero-order valence-electron chi connectivity index (χ0n) is 17.0. The van der Waals surface area contributed by atoms with E-state index < -0.39 is 26.0 Å². The van der Waals surface area contributed by atoms with Crippen LogP contribution in [-0.4, -0.2) is 69.8 Å². The largest absolute Gasteiger partial charge is 0.348 e. The van der Waals surface area contributed by atoms with Crippen molar-refractivity contribution in [3.63, 3.8) is 0 Å². The van der Waals surface area contributed by atoms with E-state index in [1.54, 1.807) is 0 Å². The third kappa shape index (κ3) is 5.53. The molecule has 30 heavy (non-hydrogen) atoms. The Bertz CT molecular complexity index is 989. The molecular formula is C19H28ClN3O5S2. The number of hydrogen-bond acceptors (Lipinski definition) is 5. The van der Waals surface area contributed by atoms with E-state index in [2.05, 4.69) is 5.32 Å². The molecule has 8 nitrogen and oxygen atoms in total. The first-order valence-electron chi connectivity index (χ1n) is 10.1. The maximum absolute atomic E-state index is 13.1. The lowest BCUT2D eigenvalue weighted by Crippen LogP contribution is -2.49. The molecule has 1 atom stereocenters. The Morgan fingerprint density at radius 2 is 1.63 bits per heavy atom. The smallest absolute Gasteiger partial charge is 0.251 e. The van der Waals surface area contributed by atoms with Gasteiger partial charge in [-0.3, -0.25) is 4.79 Å². The monoisotopic (exact) mass is 477 g/mol. The predicted molar refractivity (Wildman–Crippen MR) is 116 cm³/mol. The maximum Gasteiger partial charge on any atom is 0.251 e. The molecule has 2 fully saturated rings. The van der Waals surface area contributed by atoms with Gasteiger partial charge in [0, 0.05) is 37.8 Å². The van der Waals surface area contributed by atoms with Crippen LogP contribution in [0.15, 0.2) is 23.1 Å². The first-order chi connectivity index (χ1) is 14.1. The molecule has 2 aliphatic rings. The molecule has 0 radical (unpaired) electrons. The minimum Gasteiger partial charge on any atom is -0.348 e. The number of amides is 1. The van der Waals surface area contributed by atoms with Crippen molar-refractivity contribution >= 4 is 37.6 Å². The van der Waals surface area contributed by atoms with Crippen LogP contribution in [0.5, 0.6) is 0 Å². The van der Waals surface area contributed by atoms with E-state index in [4.69, 9.17) is 11.6 Å². The van der Waals surface area contributed by atoms with E-state index in [-0.39, 0.29) is 28.1 Å². The molecule has 1 unspecified atom stereocenters. The van der Waals surface area contributed by atoms with E-state index in [1.165, 1.54) is 26.8 Å².